The number of carbonyl (C=O) groups is 1. The van der Waals surface area contributed by atoms with Crippen LogP contribution in [0.3, 0.4) is 0 Å². The molecule has 0 unspecified atom stereocenters. The number of rotatable bonds is 3. The maximum atomic E-state index is 10.6. The first-order chi connectivity index (χ1) is 7.18. The van der Waals surface area contributed by atoms with Crippen LogP contribution in [0.25, 0.3) is 11.0 Å². The lowest BCUT2D eigenvalue weighted by Crippen LogP contribution is -2.21. The Kier molecular flexibility index (Phi) is 2.13. The molecule has 2 rings (SSSR count). The molecule has 78 valence electrons. The van der Waals surface area contributed by atoms with E-state index in [-0.39, 0.29) is 6.54 Å². The van der Waals surface area contributed by atoms with Crippen LogP contribution in [0.2, 0.25) is 0 Å². The second-order valence-electron chi connectivity index (χ2n) is 2.98. The molecule has 0 atom stereocenters. The quantitative estimate of drug-likeness (QED) is 0.594. The topological polar surface area (TPSA) is 120 Å². The first-order valence-electron chi connectivity index (χ1n) is 4.21. The van der Waals surface area contributed by atoms with Gasteiger partial charge in [-0.2, -0.15) is 0 Å². The fourth-order valence-electron chi connectivity index (χ4n) is 1.21. The normalized spacial score (nSPS) is 10.4. The van der Waals surface area contributed by atoms with E-state index in [9.17, 15) is 4.79 Å². The van der Waals surface area contributed by atoms with Crippen LogP contribution >= 0.6 is 0 Å². The molecule has 5 N–H and O–H groups in total. The van der Waals surface area contributed by atoms with E-state index in [4.69, 9.17) is 11.5 Å². The standard InChI is InChI=1S/C8H9N5O2/c9-4-1-2-5(11-3-6(10)14)8-7(4)12-15-13-8/h1-2,11H,3,9H2,(H2,10,14). The first-order valence-corrected chi connectivity index (χ1v) is 4.21. The van der Waals surface area contributed by atoms with E-state index in [1.807, 2.05) is 0 Å². The molecule has 0 radical (unpaired) electrons. The summed E-state index contributed by atoms with van der Waals surface area (Å²) in [4.78, 5) is 10.6. The minimum Gasteiger partial charge on any atom is -0.397 e. The highest BCUT2D eigenvalue weighted by atomic mass is 16.6. The molecule has 0 bridgehead atoms. The molecule has 0 aliphatic carbocycles. The average Bonchev–Trinajstić information content (AvgIpc) is 2.66. The van der Waals surface area contributed by atoms with Gasteiger partial charge in [-0.15, -0.1) is 0 Å². The molecule has 0 aliphatic heterocycles. The number of anilines is 2. The Bertz CT molecular complexity index is 507. The summed E-state index contributed by atoms with van der Waals surface area (Å²) >= 11 is 0. The Morgan fingerprint density at radius 1 is 1.40 bits per heavy atom. The van der Waals surface area contributed by atoms with E-state index in [2.05, 4.69) is 20.3 Å². The minimum absolute atomic E-state index is 0.0197. The average molecular weight is 207 g/mol. The smallest absolute Gasteiger partial charge is 0.236 e. The SMILES string of the molecule is NC(=O)CNc1ccc(N)c2nonc12. The van der Waals surface area contributed by atoms with Gasteiger partial charge in [-0.3, -0.25) is 4.79 Å². The third-order valence-corrected chi connectivity index (χ3v) is 1.90. The van der Waals surface area contributed by atoms with Crippen molar-refractivity contribution in [2.45, 2.75) is 0 Å². The number of fused-ring (bicyclic) bond motifs is 1. The number of amides is 1. The summed E-state index contributed by atoms with van der Waals surface area (Å²) in [7, 11) is 0. The van der Waals surface area contributed by atoms with Crippen molar-refractivity contribution in [3.63, 3.8) is 0 Å². The predicted octanol–water partition coefficient (Wildman–Crippen LogP) is -0.298. The van der Waals surface area contributed by atoms with Crippen molar-refractivity contribution < 1.29 is 9.42 Å². The van der Waals surface area contributed by atoms with Gasteiger partial charge in [-0.1, -0.05) is 0 Å². The number of hydrogen-bond donors (Lipinski definition) is 3. The lowest BCUT2D eigenvalue weighted by molar-refractivity contribution is -0.116. The van der Waals surface area contributed by atoms with Crippen molar-refractivity contribution in [3.05, 3.63) is 12.1 Å². The lowest BCUT2D eigenvalue weighted by atomic mass is 10.2. The van der Waals surface area contributed by atoms with Gasteiger partial charge in [0.1, 0.15) is 0 Å². The van der Waals surface area contributed by atoms with Crippen molar-refractivity contribution in [2.24, 2.45) is 5.73 Å². The fraction of sp³-hybridized carbons (Fsp3) is 0.125. The molecule has 1 aromatic heterocycles. The van der Waals surface area contributed by atoms with Gasteiger partial charge < -0.3 is 16.8 Å². The molecule has 1 heterocycles. The number of hydrogen-bond acceptors (Lipinski definition) is 6. The van der Waals surface area contributed by atoms with Gasteiger partial charge in [0, 0.05) is 0 Å². The first kappa shape index (κ1) is 9.25. The van der Waals surface area contributed by atoms with Crippen LogP contribution in [0, 0.1) is 0 Å². The molecule has 1 aromatic carbocycles. The monoisotopic (exact) mass is 207 g/mol. The van der Waals surface area contributed by atoms with Crippen molar-refractivity contribution >= 4 is 28.3 Å². The molecular formula is C8H9N5O2. The van der Waals surface area contributed by atoms with E-state index < -0.39 is 5.91 Å². The third-order valence-electron chi connectivity index (χ3n) is 1.90. The highest BCUT2D eigenvalue weighted by Crippen LogP contribution is 2.24. The Hall–Kier alpha value is -2.31. The van der Waals surface area contributed by atoms with Gasteiger partial charge in [0.25, 0.3) is 0 Å². The fourth-order valence-corrected chi connectivity index (χ4v) is 1.21. The van der Waals surface area contributed by atoms with Crippen LogP contribution in [0.4, 0.5) is 11.4 Å². The molecule has 0 aliphatic rings. The molecule has 1 amide bonds. The second kappa shape index (κ2) is 3.45. The number of aromatic nitrogens is 2. The number of nitrogens with one attached hydrogen (secondary N) is 1. The van der Waals surface area contributed by atoms with Gasteiger partial charge >= 0.3 is 0 Å². The summed E-state index contributed by atoms with van der Waals surface area (Å²) in [6.45, 7) is 0.0197. The summed E-state index contributed by atoms with van der Waals surface area (Å²) in [5.74, 6) is -0.462. The second-order valence-corrected chi connectivity index (χ2v) is 2.98. The van der Waals surface area contributed by atoms with Crippen LogP contribution in [0.5, 0.6) is 0 Å². The minimum atomic E-state index is -0.462. The molecule has 7 nitrogen and oxygen atoms in total. The summed E-state index contributed by atoms with van der Waals surface area (Å²) in [6.07, 6.45) is 0. The number of benzene rings is 1. The number of carbonyl (C=O) groups excluding carboxylic acids is 1. The number of nitrogens with zero attached hydrogens (tertiary/aromatic N) is 2. The van der Waals surface area contributed by atoms with Crippen LogP contribution in [0.15, 0.2) is 16.8 Å². The number of nitrogen functional groups attached to an aromatic ring is 1. The summed E-state index contributed by atoms with van der Waals surface area (Å²) in [5, 5.41) is 10.1. The van der Waals surface area contributed by atoms with Crippen LogP contribution in [-0.4, -0.2) is 22.8 Å². The molecule has 7 heteroatoms. The van der Waals surface area contributed by atoms with Crippen molar-refractivity contribution in [1.82, 2.24) is 10.3 Å². The molecule has 0 spiro atoms. The highest BCUT2D eigenvalue weighted by molar-refractivity contribution is 5.95. The summed E-state index contributed by atoms with van der Waals surface area (Å²) in [6, 6.07) is 3.33. The Morgan fingerprint density at radius 3 is 2.87 bits per heavy atom. The van der Waals surface area contributed by atoms with Gasteiger partial charge in [-0.25, -0.2) is 4.63 Å². The number of nitrogens with two attached hydrogens (primary N) is 2. The van der Waals surface area contributed by atoms with Gasteiger partial charge in [0.2, 0.25) is 5.91 Å². The van der Waals surface area contributed by atoms with Crippen LogP contribution in [0.1, 0.15) is 0 Å². The molecule has 0 saturated carbocycles. The zero-order valence-corrected chi connectivity index (χ0v) is 7.73. The highest BCUT2D eigenvalue weighted by Gasteiger charge is 2.09. The van der Waals surface area contributed by atoms with Gasteiger partial charge in [0.15, 0.2) is 11.0 Å². The third kappa shape index (κ3) is 1.66. The predicted molar refractivity (Wildman–Crippen MR) is 53.9 cm³/mol. The van der Waals surface area contributed by atoms with Crippen LogP contribution in [-0.2, 0) is 4.79 Å². The van der Waals surface area contributed by atoms with Crippen molar-refractivity contribution in [3.8, 4) is 0 Å². The molecule has 15 heavy (non-hydrogen) atoms. The Balaban J connectivity index is 2.39. The zero-order valence-electron chi connectivity index (χ0n) is 7.73. The van der Waals surface area contributed by atoms with Gasteiger partial charge in [0.05, 0.1) is 17.9 Å². The van der Waals surface area contributed by atoms with E-state index >= 15 is 0 Å². The van der Waals surface area contributed by atoms with Crippen LogP contribution < -0.4 is 16.8 Å². The lowest BCUT2D eigenvalue weighted by Gasteiger charge is -2.03. The van der Waals surface area contributed by atoms with E-state index in [1.165, 1.54) is 0 Å². The zero-order chi connectivity index (χ0) is 10.8. The van der Waals surface area contributed by atoms with Crippen molar-refractivity contribution in [2.75, 3.05) is 17.6 Å². The summed E-state index contributed by atoms with van der Waals surface area (Å²) in [5.41, 5.74) is 12.7. The molecular weight excluding hydrogens is 198 g/mol. The summed E-state index contributed by atoms with van der Waals surface area (Å²) < 4.78 is 4.56. The van der Waals surface area contributed by atoms with Crippen molar-refractivity contribution in [1.29, 1.82) is 0 Å². The number of primary amides is 1. The molecule has 0 fully saturated rings. The maximum absolute atomic E-state index is 10.6. The largest absolute Gasteiger partial charge is 0.397 e. The maximum Gasteiger partial charge on any atom is 0.236 e. The van der Waals surface area contributed by atoms with E-state index in [1.54, 1.807) is 12.1 Å². The Morgan fingerprint density at radius 2 is 2.13 bits per heavy atom. The van der Waals surface area contributed by atoms with Gasteiger partial charge in [-0.05, 0) is 22.4 Å². The van der Waals surface area contributed by atoms with E-state index in [0.717, 1.165) is 0 Å². The van der Waals surface area contributed by atoms with E-state index in [0.29, 0.717) is 22.4 Å². The molecule has 2 aromatic rings. The molecule has 0 saturated heterocycles. The Labute approximate surface area is 84.4 Å².